The Balaban J connectivity index is 1.65. The molecule has 0 bridgehead atoms. The van der Waals surface area contributed by atoms with Crippen molar-refractivity contribution in [2.45, 2.75) is 25.2 Å². The second kappa shape index (κ2) is 10.4. The van der Waals surface area contributed by atoms with Gasteiger partial charge in [-0.2, -0.15) is 11.8 Å². The molecule has 1 atom stereocenters. The van der Waals surface area contributed by atoms with Crippen molar-refractivity contribution in [1.82, 2.24) is 5.32 Å². The van der Waals surface area contributed by atoms with E-state index < -0.39 is 18.0 Å². The number of rotatable bonds is 9. The number of cyclic esters (lactones) is 1. The molecule has 1 N–H and O–H groups in total. The van der Waals surface area contributed by atoms with Gasteiger partial charge < -0.3 is 10.1 Å². The molecule has 0 unspecified atom stereocenters. The van der Waals surface area contributed by atoms with Crippen LogP contribution in [0.25, 0.3) is 11.1 Å². The number of hydrogen-bond donors (Lipinski definition) is 1. The van der Waals surface area contributed by atoms with Crippen LogP contribution in [0, 0.1) is 5.82 Å². The number of halogens is 2. The largest absolute Gasteiger partial charge is 0.442 e. The minimum absolute atomic E-state index is 0.204. The first-order valence-corrected chi connectivity index (χ1v) is 10.9. The van der Waals surface area contributed by atoms with Crippen molar-refractivity contribution in [3.05, 3.63) is 53.8 Å². The van der Waals surface area contributed by atoms with E-state index in [0.29, 0.717) is 17.7 Å². The lowest BCUT2D eigenvalue weighted by molar-refractivity contribution is -0.119. The molecule has 0 aliphatic carbocycles. The van der Waals surface area contributed by atoms with Crippen molar-refractivity contribution in [2.24, 2.45) is 0 Å². The standard InChI is InChI=1S/C22H24F2N2O3S/c1-15(27)25-12-19-13-26(22(28)29-19)18-7-8-20(21(24)11-18)17-5-3-16(4-6-17)14-30-10-2-9-23/h3-8,11,19H,2,9-10,12-14H2,1H3,(H,25,27)/t19-/m0/s1. The first-order valence-electron chi connectivity index (χ1n) is 9.73. The van der Waals surface area contributed by atoms with Crippen LogP contribution in [0.1, 0.15) is 18.9 Å². The maximum absolute atomic E-state index is 14.8. The van der Waals surface area contributed by atoms with E-state index in [1.54, 1.807) is 23.9 Å². The van der Waals surface area contributed by atoms with E-state index in [9.17, 15) is 18.4 Å². The highest BCUT2D eigenvalue weighted by molar-refractivity contribution is 7.98. The first-order chi connectivity index (χ1) is 14.5. The molecular formula is C22H24F2N2O3S. The molecule has 1 saturated heterocycles. The minimum Gasteiger partial charge on any atom is -0.442 e. The van der Waals surface area contributed by atoms with Crippen molar-refractivity contribution in [1.29, 1.82) is 0 Å². The highest BCUT2D eigenvalue weighted by Crippen LogP contribution is 2.29. The number of benzene rings is 2. The van der Waals surface area contributed by atoms with Gasteiger partial charge in [0, 0.05) is 18.2 Å². The number of thioether (sulfide) groups is 1. The lowest BCUT2D eigenvalue weighted by Crippen LogP contribution is -2.33. The number of anilines is 1. The normalized spacial score (nSPS) is 15.9. The summed E-state index contributed by atoms with van der Waals surface area (Å²) >= 11 is 1.67. The van der Waals surface area contributed by atoms with Gasteiger partial charge in [0.05, 0.1) is 25.5 Å². The van der Waals surface area contributed by atoms with Crippen LogP contribution < -0.4 is 10.2 Å². The highest BCUT2D eigenvalue weighted by atomic mass is 32.2. The smallest absolute Gasteiger partial charge is 0.414 e. The van der Waals surface area contributed by atoms with Crippen LogP contribution in [0.5, 0.6) is 0 Å². The van der Waals surface area contributed by atoms with Crippen LogP contribution >= 0.6 is 11.8 Å². The van der Waals surface area contributed by atoms with Crippen molar-refractivity contribution in [3.8, 4) is 11.1 Å². The number of ether oxygens (including phenoxy) is 1. The lowest BCUT2D eigenvalue weighted by atomic mass is 10.0. The Kier molecular flexibility index (Phi) is 7.68. The van der Waals surface area contributed by atoms with E-state index in [0.717, 1.165) is 22.6 Å². The van der Waals surface area contributed by atoms with Gasteiger partial charge in [-0.25, -0.2) is 9.18 Å². The van der Waals surface area contributed by atoms with Crippen LogP contribution in [-0.2, 0) is 15.3 Å². The van der Waals surface area contributed by atoms with Gasteiger partial charge in [0.15, 0.2) is 0 Å². The van der Waals surface area contributed by atoms with Crippen molar-refractivity contribution < 1.29 is 23.1 Å². The number of carbonyl (C=O) groups excluding carboxylic acids is 2. The third-order valence-corrected chi connectivity index (χ3v) is 5.79. The Bertz CT molecular complexity index is 892. The molecule has 0 radical (unpaired) electrons. The molecule has 2 aromatic rings. The molecule has 1 fully saturated rings. The van der Waals surface area contributed by atoms with E-state index in [1.807, 2.05) is 24.3 Å². The molecule has 5 nitrogen and oxygen atoms in total. The zero-order valence-electron chi connectivity index (χ0n) is 16.7. The van der Waals surface area contributed by atoms with Crippen molar-refractivity contribution in [2.75, 3.05) is 30.4 Å². The second-order valence-electron chi connectivity index (χ2n) is 7.01. The summed E-state index contributed by atoms with van der Waals surface area (Å²) in [6.07, 6.45) is -0.481. The second-order valence-corrected chi connectivity index (χ2v) is 8.11. The highest BCUT2D eigenvalue weighted by Gasteiger charge is 2.32. The number of nitrogens with one attached hydrogen (secondary N) is 1. The van der Waals surface area contributed by atoms with Crippen molar-refractivity contribution in [3.63, 3.8) is 0 Å². The monoisotopic (exact) mass is 434 g/mol. The minimum atomic E-state index is -0.563. The van der Waals surface area contributed by atoms with Crippen LogP contribution in [0.4, 0.5) is 19.3 Å². The summed E-state index contributed by atoms with van der Waals surface area (Å²) in [5.74, 6) is 0.928. The average Bonchev–Trinajstić information content (AvgIpc) is 3.11. The molecule has 1 heterocycles. The number of carbonyl (C=O) groups is 2. The van der Waals surface area contributed by atoms with Gasteiger partial charge in [0.1, 0.15) is 11.9 Å². The first kappa shape index (κ1) is 22.1. The molecule has 0 spiro atoms. The van der Waals surface area contributed by atoms with E-state index in [1.165, 1.54) is 17.9 Å². The fourth-order valence-corrected chi connectivity index (χ4v) is 4.02. The molecule has 0 saturated carbocycles. The molecular weight excluding hydrogens is 410 g/mol. The zero-order valence-corrected chi connectivity index (χ0v) is 17.5. The quantitative estimate of drug-likeness (QED) is 0.589. The summed E-state index contributed by atoms with van der Waals surface area (Å²) in [5, 5.41) is 2.61. The third-order valence-electron chi connectivity index (χ3n) is 4.67. The van der Waals surface area contributed by atoms with E-state index >= 15 is 0 Å². The zero-order chi connectivity index (χ0) is 21.5. The molecule has 30 heavy (non-hydrogen) atoms. The van der Waals surface area contributed by atoms with Crippen LogP contribution in [0.2, 0.25) is 0 Å². The van der Waals surface area contributed by atoms with E-state index in [4.69, 9.17) is 4.74 Å². The number of nitrogens with zero attached hydrogens (tertiary/aromatic N) is 1. The molecule has 2 aromatic carbocycles. The van der Waals surface area contributed by atoms with Crippen LogP contribution in [-0.4, -0.2) is 43.6 Å². The number of alkyl halides is 1. The summed E-state index contributed by atoms with van der Waals surface area (Å²) in [5.41, 5.74) is 2.69. The molecule has 8 heteroatoms. The molecule has 0 aromatic heterocycles. The topological polar surface area (TPSA) is 58.6 Å². The van der Waals surface area contributed by atoms with Gasteiger partial charge in [-0.3, -0.25) is 14.1 Å². The summed E-state index contributed by atoms with van der Waals surface area (Å²) < 4.78 is 32.1. The summed E-state index contributed by atoms with van der Waals surface area (Å²) in [4.78, 5) is 24.5. The maximum atomic E-state index is 14.8. The molecule has 1 aliphatic rings. The van der Waals surface area contributed by atoms with E-state index in [-0.39, 0.29) is 25.7 Å². The molecule has 1 aliphatic heterocycles. The summed E-state index contributed by atoms with van der Waals surface area (Å²) in [6, 6.07) is 12.2. The Labute approximate surface area is 178 Å². The van der Waals surface area contributed by atoms with Gasteiger partial charge in [-0.1, -0.05) is 24.3 Å². The SMILES string of the molecule is CC(=O)NC[C@H]1CN(c2ccc(-c3ccc(CSCCCF)cc3)c(F)c2)C(=O)O1. The molecule has 3 rings (SSSR count). The fraction of sp³-hybridized carbons (Fsp3) is 0.364. The van der Waals surface area contributed by atoms with Crippen LogP contribution in [0.15, 0.2) is 42.5 Å². The molecule has 160 valence electrons. The number of amides is 2. The van der Waals surface area contributed by atoms with Gasteiger partial charge >= 0.3 is 6.09 Å². The molecule has 2 amide bonds. The summed E-state index contributed by atoms with van der Waals surface area (Å²) in [7, 11) is 0. The average molecular weight is 435 g/mol. The maximum Gasteiger partial charge on any atom is 0.414 e. The Morgan fingerprint density at radius 1 is 1.27 bits per heavy atom. The lowest BCUT2D eigenvalue weighted by Gasteiger charge is -2.14. The Hall–Kier alpha value is -2.61. The predicted molar refractivity (Wildman–Crippen MR) is 115 cm³/mol. The Morgan fingerprint density at radius 2 is 2.03 bits per heavy atom. The third kappa shape index (κ3) is 5.72. The fourth-order valence-electron chi connectivity index (χ4n) is 3.13. The van der Waals surface area contributed by atoms with Crippen LogP contribution in [0.3, 0.4) is 0 Å². The summed E-state index contributed by atoms with van der Waals surface area (Å²) in [6.45, 7) is 1.55. The van der Waals surface area contributed by atoms with Gasteiger partial charge in [-0.05, 0) is 41.5 Å². The number of hydrogen-bond acceptors (Lipinski definition) is 4. The Morgan fingerprint density at radius 3 is 2.70 bits per heavy atom. The predicted octanol–water partition coefficient (Wildman–Crippen LogP) is 4.55. The van der Waals surface area contributed by atoms with E-state index in [2.05, 4.69) is 5.32 Å². The van der Waals surface area contributed by atoms with Crippen molar-refractivity contribution >= 4 is 29.4 Å². The van der Waals surface area contributed by atoms with Gasteiger partial charge in [0.2, 0.25) is 5.91 Å². The van der Waals surface area contributed by atoms with Gasteiger partial charge in [-0.15, -0.1) is 0 Å². The van der Waals surface area contributed by atoms with Gasteiger partial charge in [0.25, 0.3) is 0 Å².